The Balaban J connectivity index is 2.21. The lowest BCUT2D eigenvalue weighted by atomic mass is 9.49. The second-order valence-electron chi connectivity index (χ2n) is 8.43. The van der Waals surface area contributed by atoms with Gasteiger partial charge in [-0.15, -0.1) is 0 Å². The van der Waals surface area contributed by atoms with Crippen LogP contribution in [0.25, 0.3) is 0 Å². The van der Waals surface area contributed by atoms with Gasteiger partial charge < -0.3 is 9.94 Å². The Morgan fingerprint density at radius 3 is 2.64 bits per heavy atom. The lowest BCUT2D eigenvalue weighted by molar-refractivity contribution is -0.156. The van der Waals surface area contributed by atoms with E-state index in [4.69, 9.17) is 4.84 Å². The van der Waals surface area contributed by atoms with Crippen LogP contribution in [0.1, 0.15) is 76.0 Å². The maximum absolute atomic E-state index is 12.1. The number of carboxylic acid groups (broad SMARTS) is 1. The van der Waals surface area contributed by atoms with Crippen molar-refractivity contribution in [3.8, 4) is 0 Å². The van der Waals surface area contributed by atoms with E-state index in [2.05, 4.69) is 44.1 Å². The number of hydrogen-bond acceptors (Lipinski definition) is 3. The zero-order valence-corrected chi connectivity index (χ0v) is 15.9. The number of carboxylic acids is 1. The van der Waals surface area contributed by atoms with E-state index in [1.807, 2.05) is 6.92 Å². The monoisotopic (exact) mass is 343 g/mol. The first-order chi connectivity index (χ1) is 11.7. The minimum absolute atomic E-state index is 0.0255. The highest BCUT2D eigenvalue weighted by molar-refractivity contribution is 6.04. The van der Waals surface area contributed by atoms with Crippen molar-refractivity contribution in [3.05, 3.63) is 34.9 Å². The van der Waals surface area contributed by atoms with Crippen LogP contribution in [0.15, 0.2) is 23.4 Å². The summed E-state index contributed by atoms with van der Waals surface area (Å²) in [6.07, 6.45) is 3.34. The van der Waals surface area contributed by atoms with Crippen LogP contribution in [0.4, 0.5) is 0 Å². The van der Waals surface area contributed by atoms with Gasteiger partial charge in [0.15, 0.2) is 0 Å². The van der Waals surface area contributed by atoms with Crippen molar-refractivity contribution < 1.29 is 14.7 Å². The fourth-order valence-electron chi connectivity index (χ4n) is 5.06. The number of aliphatic carboxylic acids is 1. The predicted octanol–water partition coefficient (Wildman–Crippen LogP) is 4.71. The SMILES string of the molecule is CO/N=C1\C[C@H]2[C@](C)(C(=O)O)CCC[C@]2(C)c2ccc(C(C)C)cc21. The molecule has 0 aliphatic heterocycles. The van der Waals surface area contributed by atoms with Crippen LogP contribution in [0, 0.1) is 11.3 Å². The fraction of sp³-hybridized carbons (Fsp3) is 0.619. The maximum atomic E-state index is 12.1. The number of nitrogens with zero attached hydrogens (tertiary/aromatic N) is 1. The second-order valence-corrected chi connectivity index (χ2v) is 8.43. The van der Waals surface area contributed by atoms with Crippen molar-refractivity contribution in [3.63, 3.8) is 0 Å². The van der Waals surface area contributed by atoms with Crippen molar-refractivity contribution in [1.29, 1.82) is 0 Å². The van der Waals surface area contributed by atoms with Crippen molar-refractivity contribution in [1.82, 2.24) is 0 Å². The van der Waals surface area contributed by atoms with E-state index in [1.165, 1.54) is 11.1 Å². The van der Waals surface area contributed by atoms with Crippen molar-refractivity contribution in [2.45, 2.75) is 64.7 Å². The van der Waals surface area contributed by atoms with E-state index in [0.717, 1.165) is 30.5 Å². The molecule has 0 bridgehead atoms. The van der Waals surface area contributed by atoms with Gasteiger partial charge >= 0.3 is 5.97 Å². The molecule has 1 aromatic carbocycles. The molecule has 1 aromatic rings. The second kappa shape index (κ2) is 6.15. The van der Waals surface area contributed by atoms with Gasteiger partial charge in [0.25, 0.3) is 0 Å². The molecular formula is C21H29NO3. The molecule has 0 saturated heterocycles. The Morgan fingerprint density at radius 1 is 1.32 bits per heavy atom. The first-order valence-corrected chi connectivity index (χ1v) is 9.22. The normalized spacial score (nSPS) is 33.0. The lowest BCUT2D eigenvalue weighted by Crippen LogP contribution is -2.53. The first kappa shape index (κ1) is 18.0. The van der Waals surface area contributed by atoms with E-state index in [1.54, 1.807) is 7.11 Å². The highest BCUT2D eigenvalue weighted by atomic mass is 16.6. The molecule has 1 fully saturated rings. The van der Waals surface area contributed by atoms with Gasteiger partial charge in [-0.2, -0.15) is 0 Å². The Hall–Kier alpha value is -1.84. The van der Waals surface area contributed by atoms with Crippen LogP contribution in [0.5, 0.6) is 0 Å². The standard InChI is InChI=1S/C21H29NO3/c1-13(2)14-7-8-16-15(11-14)17(22-25-5)12-18-20(16,3)9-6-10-21(18,4)19(23)24/h7-8,11,13,18H,6,9-10,12H2,1-5H3,(H,23,24)/b22-17+/t18-,20-,21-/m1/s1. The van der Waals surface area contributed by atoms with Gasteiger partial charge in [0.05, 0.1) is 11.1 Å². The summed E-state index contributed by atoms with van der Waals surface area (Å²) in [7, 11) is 1.56. The summed E-state index contributed by atoms with van der Waals surface area (Å²) >= 11 is 0. The number of rotatable bonds is 3. The largest absolute Gasteiger partial charge is 0.481 e. The molecule has 3 atom stereocenters. The lowest BCUT2D eigenvalue weighted by Gasteiger charge is -2.53. The molecule has 3 rings (SSSR count). The molecule has 4 nitrogen and oxygen atoms in total. The quantitative estimate of drug-likeness (QED) is 0.808. The van der Waals surface area contributed by atoms with E-state index in [9.17, 15) is 9.90 Å². The minimum atomic E-state index is -0.726. The summed E-state index contributed by atoms with van der Waals surface area (Å²) in [6.45, 7) is 8.53. The number of carbonyl (C=O) groups is 1. The molecule has 0 unspecified atom stereocenters. The average Bonchev–Trinajstić information content (AvgIpc) is 2.56. The van der Waals surface area contributed by atoms with Crippen LogP contribution in [0.3, 0.4) is 0 Å². The predicted molar refractivity (Wildman–Crippen MR) is 99.1 cm³/mol. The van der Waals surface area contributed by atoms with Gasteiger partial charge in [-0.3, -0.25) is 4.79 Å². The summed E-state index contributed by atoms with van der Waals surface area (Å²) in [5, 5.41) is 14.3. The van der Waals surface area contributed by atoms with Crippen LogP contribution >= 0.6 is 0 Å². The van der Waals surface area contributed by atoms with E-state index < -0.39 is 11.4 Å². The van der Waals surface area contributed by atoms with Crippen LogP contribution in [-0.2, 0) is 15.0 Å². The highest BCUT2D eigenvalue weighted by Crippen LogP contribution is 2.57. The molecule has 2 aliphatic rings. The van der Waals surface area contributed by atoms with Crippen molar-refractivity contribution in [2.24, 2.45) is 16.5 Å². The topological polar surface area (TPSA) is 58.9 Å². The highest BCUT2D eigenvalue weighted by Gasteiger charge is 2.56. The van der Waals surface area contributed by atoms with Crippen LogP contribution in [0.2, 0.25) is 0 Å². The molecule has 0 radical (unpaired) electrons. The summed E-state index contributed by atoms with van der Waals surface area (Å²) in [6, 6.07) is 6.62. The molecule has 4 heteroatoms. The Bertz CT molecular complexity index is 724. The van der Waals surface area contributed by atoms with Crippen LogP contribution < -0.4 is 0 Å². The van der Waals surface area contributed by atoms with Crippen molar-refractivity contribution >= 4 is 11.7 Å². The third kappa shape index (κ3) is 2.66. The zero-order valence-electron chi connectivity index (χ0n) is 15.9. The maximum Gasteiger partial charge on any atom is 0.309 e. The van der Waals surface area contributed by atoms with Gasteiger partial charge in [-0.1, -0.05) is 44.5 Å². The van der Waals surface area contributed by atoms with E-state index >= 15 is 0 Å². The summed E-state index contributed by atoms with van der Waals surface area (Å²) in [5.41, 5.74) is 3.68. The van der Waals surface area contributed by atoms with E-state index in [0.29, 0.717) is 12.3 Å². The summed E-state index contributed by atoms with van der Waals surface area (Å²) < 4.78 is 0. The molecule has 1 N–H and O–H groups in total. The molecule has 25 heavy (non-hydrogen) atoms. The number of oxime groups is 1. The summed E-state index contributed by atoms with van der Waals surface area (Å²) in [4.78, 5) is 17.2. The van der Waals surface area contributed by atoms with E-state index in [-0.39, 0.29) is 11.3 Å². The van der Waals surface area contributed by atoms with Gasteiger partial charge in [0, 0.05) is 5.56 Å². The smallest absolute Gasteiger partial charge is 0.309 e. The fourth-order valence-corrected chi connectivity index (χ4v) is 5.06. The third-order valence-electron chi connectivity index (χ3n) is 6.65. The third-order valence-corrected chi connectivity index (χ3v) is 6.65. The molecular weight excluding hydrogens is 314 g/mol. The number of hydrogen-bond donors (Lipinski definition) is 1. The average molecular weight is 343 g/mol. The van der Waals surface area contributed by atoms with Crippen molar-refractivity contribution in [2.75, 3.05) is 7.11 Å². The molecule has 1 saturated carbocycles. The van der Waals surface area contributed by atoms with Gasteiger partial charge in [-0.25, -0.2) is 0 Å². The molecule has 0 aromatic heterocycles. The van der Waals surface area contributed by atoms with Gasteiger partial charge in [0.1, 0.15) is 7.11 Å². The number of benzene rings is 1. The molecule has 0 spiro atoms. The molecule has 0 amide bonds. The Morgan fingerprint density at radius 2 is 2.04 bits per heavy atom. The Labute approximate surface area is 150 Å². The number of fused-ring (bicyclic) bond motifs is 3. The van der Waals surface area contributed by atoms with Gasteiger partial charge in [-0.05, 0) is 60.6 Å². The zero-order chi connectivity index (χ0) is 18.4. The summed E-state index contributed by atoms with van der Waals surface area (Å²) in [5.74, 6) is -0.227. The molecule has 2 aliphatic carbocycles. The van der Waals surface area contributed by atoms with Gasteiger partial charge in [0.2, 0.25) is 0 Å². The minimum Gasteiger partial charge on any atom is -0.481 e. The molecule has 136 valence electrons. The Kier molecular flexibility index (Phi) is 4.42. The molecule has 0 heterocycles. The first-order valence-electron chi connectivity index (χ1n) is 9.22. The van der Waals surface area contributed by atoms with Crippen LogP contribution in [-0.4, -0.2) is 23.9 Å².